The van der Waals surface area contributed by atoms with E-state index < -0.39 is 12.1 Å². The number of ether oxygens (including phenoxy) is 2. The Morgan fingerprint density at radius 3 is 2.70 bits per heavy atom. The second-order valence-corrected chi connectivity index (χ2v) is 7.04. The highest BCUT2D eigenvalue weighted by atomic mass is 16.6. The Morgan fingerprint density at radius 2 is 2.00 bits per heavy atom. The number of furan rings is 1. The molecule has 1 aromatic heterocycles. The summed E-state index contributed by atoms with van der Waals surface area (Å²) in [6.45, 7) is 5.85. The molecule has 146 valence electrons. The first kappa shape index (κ1) is 19.3. The van der Waals surface area contributed by atoms with Crippen LogP contribution < -0.4 is 10.1 Å². The smallest absolute Gasteiger partial charge is 0.375 e. The van der Waals surface area contributed by atoms with Crippen LogP contribution in [-0.4, -0.2) is 30.6 Å². The Hall–Kier alpha value is -2.50. The molecule has 1 saturated carbocycles. The molecular formula is C21H27NO5. The van der Waals surface area contributed by atoms with Crippen LogP contribution in [-0.2, 0) is 9.53 Å². The molecular weight excluding hydrogens is 346 g/mol. The van der Waals surface area contributed by atoms with Gasteiger partial charge in [-0.15, -0.1) is 0 Å². The number of aryl methyl sites for hydroxylation is 1. The Morgan fingerprint density at radius 1 is 1.26 bits per heavy atom. The molecule has 1 heterocycles. The fraction of sp³-hybridized carbons (Fsp3) is 0.524. The van der Waals surface area contributed by atoms with E-state index in [0.717, 1.165) is 31.1 Å². The summed E-state index contributed by atoms with van der Waals surface area (Å²) in [5.74, 6) is -0.0550. The van der Waals surface area contributed by atoms with Crippen molar-refractivity contribution in [1.82, 2.24) is 5.32 Å². The van der Waals surface area contributed by atoms with E-state index in [-0.39, 0.29) is 17.7 Å². The summed E-state index contributed by atoms with van der Waals surface area (Å²) in [6, 6.07) is 5.58. The van der Waals surface area contributed by atoms with Crippen molar-refractivity contribution in [3.8, 4) is 5.75 Å². The minimum absolute atomic E-state index is 0.121. The van der Waals surface area contributed by atoms with Crippen molar-refractivity contribution in [2.75, 3.05) is 6.61 Å². The molecule has 6 nitrogen and oxygen atoms in total. The molecule has 1 fully saturated rings. The van der Waals surface area contributed by atoms with Gasteiger partial charge in [0.15, 0.2) is 6.10 Å². The third-order valence-corrected chi connectivity index (χ3v) is 5.01. The van der Waals surface area contributed by atoms with Gasteiger partial charge in [0.2, 0.25) is 5.76 Å². The van der Waals surface area contributed by atoms with Gasteiger partial charge in [-0.2, -0.15) is 0 Å². The maximum Gasteiger partial charge on any atom is 0.375 e. The lowest BCUT2D eigenvalue weighted by Crippen LogP contribution is -2.42. The molecule has 1 atom stereocenters. The topological polar surface area (TPSA) is 77.8 Å². The third kappa shape index (κ3) is 4.43. The number of esters is 1. The molecule has 1 aliphatic carbocycles. The van der Waals surface area contributed by atoms with Crippen LogP contribution in [0.5, 0.6) is 5.75 Å². The maximum atomic E-state index is 12.5. The zero-order valence-electron chi connectivity index (χ0n) is 16.2. The predicted molar refractivity (Wildman–Crippen MR) is 102 cm³/mol. The van der Waals surface area contributed by atoms with E-state index in [1.807, 2.05) is 13.0 Å². The number of hydrogen-bond donors (Lipinski definition) is 1. The largest absolute Gasteiger partial charge is 0.494 e. The van der Waals surface area contributed by atoms with Crippen molar-refractivity contribution in [3.05, 3.63) is 29.5 Å². The third-order valence-electron chi connectivity index (χ3n) is 5.01. The molecule has 27 heavy (non-hydrogen) atoms. The van der Waals surface area contributed by atoms with Crippen molar-refractivity contribution in [3.63, 3.8) is 0 Å². The second kappa shape index (κ2) is 8.46. The predicted octanol–water partition coefficient (Wildman–Crippen LogP) is 4.13. The van der Waals surface area contributed by atoms with Crippen molar-refractivity contribution >= 4 is 22.8 Å². The molecule has 1 aromatic carbocycles. The Balaban J connectivity index is 1.67. The number of rotatable bonds is 6. The summed E-state index contributed by atoms with van der Waals surface area (Å²) in [5.41, 5.74) is 1.26. The first-order valence-corrected chi connectivity index (χ1v) is 9.67. The molecule has 0 bridgehead atoms. The molecule has 1 amide bonds. The summed E-state index contributed by atoms with van der Waals surface area (Å²) in [5, 5.41) is 3.77. The molecule has 0 radical (unpaired) electrons. The summed E-state index contributed by atoms with van der Waals surface area (Å²) in [4.78, 5) is 24.8. The molecule has 0 saturated heterocycles. The highest BCUT2D eigenvalue weighted by molar-refractivity contribution is 5.97. The first-order valence-electron chi connectivity index (χ1n) is 9.67. The van der Waals surface area contributed by atoms with Gasteiger partial charge in [-0.05, 0) is 51.8 Å². The van der Waals surface area contributed by atoms with Crippen molar-refractivity contribution in [1.29, 1.82) is 0 Å². The molecule has 6 heteroatoms. The number of fused-ring (bicyclic) bond motifs is 1. The van der Waals surface area contributed by atoms with Crippen LogP contribution >= 0.6 is 0 Å². The Kier molecular flexibility index (Phi) is 6.04. The van der Waals surface area contributed by atoms with Crippen molar-refractivity contribution in [2.24, 2.45) is 0 Å². The van der Waals surface area contributed by atoms with E-state index in [4.69, 9.17) is 13.9 Å². The lowest BCUT2D eigenvalue weighted by molar-refractivity contribution is -0.130. The van der Waals surface area contributed by atoms with E-state index in [2.05, 4.69) is 5.32 Å². The molecule has 1 aliphatic rings. The SMILES string of the molecule is CCOc1ccc2oc(C(=O)OC(C)C(=O)NC3CCCCC3)c(C)c2c1. The van der Waals surface area contributed by atoms with Gasteiger partial charge in [0.05, 0.1) is 6.61 Å². The lowest BCUT2D eigenvalue weighted by Gasteiger charge is -2.24. The van der Waals surface area contributed by atoms with Crippen LogP contribution in [0, 0.1) is 6.92 Å². The van der Waals surface area contributed by atoms with Gasteiger partial charge in [0.25, 0.3) is 5.91 Å². The van der Waals surface area contributed by atoms with Crippen molar-refractivity contribution in [2.45, 2.75) is 65.0 Å². The fourth-order valence-corrected chi connectivity index (χ4v) is 3.48. The average molecular weight is 373 g/mol. The Labute approximate surface area is 159 Å². The van der Waals surface area contributed by atoms with Crippen LogP contribution in [0.15, 0.2) is 22.6 Å². The summed E-state index contributed by atoms with van der Waals surface area (Å²) in [7, 11) is 0. The molecule has 0 spiro atoms. The number of carbonyl (C=O) groups excluding carboxylic acids is 2. The van der Waals surface area contributed by atoms with Gasteiger partial charge in [0, 0.05) is 17.0 Å². The molecule has 0 aliphatic heterocycles. The average Bonchev–Trinajstić information content (AvgIpc) is 2.99. The fourth-order valence-electron chi connectivity index (χ4n) is 3.48. The number of nitrogens with one attached hydrogen (secondary N) is 1. The molecule has 3 rings (SSSR count). The quantitative estimate of drug-likeness (QED) is 0.770. The van der Waals surface area contributed by atoms with Crippen LogP contribution in [0.1, 0.15) is 62.1 Å². The second-order valence-electron chi connectivity index (χ2n) is 7.04. The summed E-state index contributed by atoms with van der Waals surface area (Å²) in [6.07, 6.45) is 4.56. The highest BCUT2D eigenvalue weighted by Gasteiger charge is 2.26. The van der Waals surface area contributed by atoms with E-state index in [9.17, 15) is 9.59 Å². The van der Waals surface area contributed by atoms with Crippen LogP contribution in [0.3, 0.4) is 0 Å². The normalized spacial score (nSPS) is 16.1. The zero-order chi connectivity index (χ0) is 19.4. The molecule has 1 unspecified atom stereocenters. The molecule has 1 N–H and O–H groups in total. The highest BCUT2D eigenvalue weighted by Crippen LogP contribution is 2.29. The monoisotopic (exact) mass is 373 g/mol. The maximum absolute atomic E-state index is 12.5. The van der Waals surface area contributed by atoms with Gasteiger partial charge in [-0.1, -0.05) is 19.3 Å². The van der Waals surface area contributed by atoms with Gasteiger partial charge < -0.3 is 19.2 Å². The van der Waals surface area contributed by atoms with Crippen LogP contribution in [0.4, 0.5) is 0 Å². The number of amides is 1. The van der Waals surface area contributed by atoms with Gasteiger partial charge in [-0.25, -0.2) is 4.79 Å². The molecule has 2 aromatic rings. The van der Waals surface area contributed by atoms with E-state index in [1.54, 1.807) is 26.0 Å². The summed E-state index contributed by atoms with van der Waals surface area (Å²) < 4.78 is 16.5. The minimum atomic E-state index is -0.869. The van der Waals surface area contributed by atoms with Crippen molar-refractivity contribution < 1.29 is 23.5 Å². The minimum Gasteiger partial charge on any atom is -0.494 e. The lowest BCUT2D eigenvalue weighted by atomic mass is 9.95. The number of benzene rings is 1. The summed E-state index contributed by atoms with van der Waals surface area (Å²) >= 11 is 0. The van der Waals surface area contributed by atoms with Gasteiger partial charge in [0.1, 0.15) is 11.3 Å². The Bertz CT molecular complexity index is 819. The number of hydrogen-bond acceptors (Lipinski definition) is 5. The van der Waals surface area contributed by atoms with Crippen LogP contribution in [0.2, 0.25) is 0 Å². The standard InChI is InChI=1S/C21H27NO5/c1-4-25-16-10-11-18-17(12-16)13(2)19(27-18)21(24)26-14(3)20(23)22-15-8-6-5-7-9-15/h10-12,14-15H,4-9H2,1-3H3,(H,22,23). The number of carbonyl (C=O) groups is 2. The van der Waals surface area contributed by atoms with E-state index >= 15 is 0 Å². The first-order chi connectivity index (χ1) is 13.0. The van der Waals surface area contributed by atoms with Crippen LogP contribution in [0.25, 0.3) is 11.0 Å². The zero-order valence-corrected chi connectivity index (χ0v) is 16.2. The van der Waals surface area contributed by atoms with Gasteiger partial charge >= 0.3 is 5.97 Å². The van der Waals surface area contributed by atoms with E-state index in [0.29, 0.717) is 23.5 Å². The van der Waals surface area contributed by atoms with Gasteiger partial charge in [-0.3, -0.25) is 4.79 Å². The van der Waals surface area contributed by atoms with E-state index in [1.165, 1.54) is 6.42 Å².